The van der Waals surface area contributed by atoms with Crippen LogP contribution in [0.1, 0.15) is 0 Å². The van der Waals surface area contributed by atoms with Crippen molar-refractivity contribution in [2.24, 2.45) is 0 Å². The Hall–Kier alpha value is -0.810. The van der Waals surface area contributed by atoms with Gasteiger partial charge in [-0.05, 0) is 22.0 Å². The summed E-state index contributed by atoms with van der Waals surface area (Å²) in [6.45, 7) is 0. The predicted molar refractivity (Wildman–Crippen MR) is 51.8 cm³/mol. The molecule has 0 atom stereocenters. The summed E-state index contributed by atoms with van der Waals surface area (Å²) in [6.07, 6.45) is 6.63. The largest absolute Gasteiger partial charge is 0.245 e. The van der Waals surface area contributed by atoms with Crippen molar-refractivity contribution in [3.63, 3.8) is 0 Å². The highest BCUT2D eigenvalue weighted by molar-refractivity contribution is 9.11. The number of halogens is 1. The second-order valence-electron chi connectivity index (χ2n) is 1.69. The van der Waals surface area contributed by atoms with Gasteiger partial charge < -0.3 is 0 Å². The predicted octanol–water partition coefficient (Wildman–Crippen LogP) is 2.38. The summed E-state index contributed by atoms with van der Waals surface area (Å²) in [4.78, 5) is 11.2. The van der Waals surface area contributed by atoms with Gasteiger partial charge >= 0.3 is 0 Å². The first-order chi connectivity index (χ1) is 5.89. The van der Waals surface area contributed by atoms with Crippen molar-refractivity contribution in [1.29, 1.82) is 0 Å². The van der Waals surface area contributed by atoms with E-state index in [2.05, 4.69) is 30.9 Å². The van der Waals surface area contributed by atoms with E-state index in [-0.39, 0.29) is 0 Å². The van der Waals surface area contributed by atoms with Crippen LogP contribution in [0.15, 0.2) is 40.3 Å². The van der Waals surface area contributed by atoms with Crippen LogP contribution < -0.4 is 0 Å². The van der Waals surface area contributed by atoms with Gasteiger partial charge in [0.1, 0.15) is 6.33 Å². The zero-order valence-electron chi connectivity index (χ0n) is 6.09. The molecule has 0 saturated carbocycles. The van der Waals surface area contributed by atoms with Crippen LogP contribution in [0.25, 0.3) is 0 Å². The topological polar surface area (TPSA) is 38.7 Å². The van der Waals surface area contributed by atoms with E-state index in [1.54, 1.807) is 36.0 Å². The van der Waals surface area contributed by atoms with Crippen molar-refractivity contribution < 1.29 is 0 Å². The van der Waals surface area contributed by atoms with E-state index >= 15 is 0 Å². The third-order valence-corrected chi connectivity index (χ3v) is 2.20. The summed E-state index contributed by atoms with van der Waals surface area (Å²) in [6, 6.07) is 1.78. The van der Waals surface area contributed by atoms with E-state index in [1.165, 1.54) is 6.33 Å². The van der Waals surface area contributed by atoms with E-state index in [0.29, 0.717) is 0 Å². The highest BCUT2D eigenvalue weighted by Crippen LogP contribution is 2.10. The van der Waals surface area contributed by atoms with Crippen LogP contribution in [0.5, 0.6) is 0 Å². The van der Waals surface area contributed by atoms with Crippen LogP contribution in [0.2, 0.25) is 0 Å². The highest BCUT2D eigenvalue weighted by Gasteiger charge is 1.79. The average Bonchev–Trinajstić information content (AvgIpc) is 2.60. The van der Waals surface area contributed by atoms with Crippen LogP contribution in [-0.4, -0.2) is 15.0 Å². The smallest absolute Gasteiger partial charge is 0.159 e. The van der Waals surface area contributed by atoms with Crippen molar-refractivity contribution in [3.8, 4) is 0 Å². The fraction of sp³-hybridized carbons (Fsp3) is 0. The SMILES string of the molecule is Brc1nccs1.c1cncnc1. The van der Waals surface area contributed by atoms with Crippen molar-refractivity contribution in [3.05, 3.63) is 40.3 Å². The molecule has 0 N–H and O–H groups in total. The first-order valence-corrected chi connectivity index (χ1v) is 4.82. The zero-order valence-corrected chi connectivity index (χ0v) is 8.49. The van der Waals surface area contributed by atoms with Gasteiger partial charge in [-0.25, -0.2) is 15.0 Å². The van der Waals surface area contributed by atoms with Crippen molar-refractivity contribution >= 4 is 27.3 Å². The number of hydrogen-bond acceptors (Lipinski definition) is 4. The van der Waals surface area contributed by atoms with E-state index in [4.69, 9.17) is 0 Å². The minimum Gasteiger partial charge on any atom is -0.245 e. The lowest BCUT2D eigenvalue weighted by Crippen LogP contribution is -1.66. The summed E-state index contributed by atoms with van der Waals surface area (Å²) in [5, 5.41) is 1.92. The third kappa shape index (κ3) is 4.15. The molecule has 0 aliphatic rings. The van der Waals surface area contributed by atoms with Gasteiger partial charge in [-0.15, -0.1) is 11.3 Å². The van der Waals surface area contributed by atoms with Gasteiger partial charge in [0.15, 0.2) is 3.92 Å². The number of aromatic nitrogens is 3. The minimum atomic E-state index is 0.947. The molecule has 2 aromatic rings. The minimum absolute atomic E-state index is 0.947. The van der Waals surface area contributed by atoms with Crippen LogP contribution >= 0.6 is 27.3 Å². The Morgan fingerprint density at radius 3 is 2.08 bits per heavy atom. The molecule has 0 aliphatic heterocycles. The van der Waals surface area contributed by atoms with Crippen LogP contribution in [0, 0.1) is 0 Å². The molecule has 0 amide bonds. The van der Waals surface area contributed by atoms with E-state index in [1.807, 2.05) is 5.38 Å². The summed E-state index contributed by atoms with van der Waals surface area (Å²) in [5.41, 5.74) is 0. The first kappa shape index (κ1) is 9.28. The molecule has 0 fully saturated rings. The summed E-state index contributed by atoms with van der Waals surface area (Å²) >= 11 is 4.77. The first-order valence-electron chi connectivity index (χ1n) is 3.14. The van der Waals surface area contributed by atoms with Gasteiger partial charge in [-0.2, -0.15) is 0 Å². The molecule has 12 heavy (non-hydrogen) atoms. The standard InChI is InChI=1S/C4H4N2.C3H2BrNS/c1-2-5-4-6-3-1;4-3-5-1-2-6-3/h1-4H;1-2H. The lowest BCUT2D eigenvalue weighted by atomic mass is 10.7. The molecule has 0 aliphatic carbocycles. The Labute approximate surface area is 82.7 Å². The van der Waals surface area contributed by atoms with Gasteiger partial charge in [0.2, 0.25) is 0 Å². The number of hydrogen-bond donors (Lipinski definition) is 0. The molecule has 0 spiro atoms. The third-order valence-electron chi connectivity index (χ3n) is 0.880. The van der Waals surface area contributed by atoms with Gasteiger partial charge in [-0.3, -0.25) is 0 Å². The van der Waals surface area contributed by atoms with E-state index in [9.17, 15) is 0 Å². The lowest BCUT2D eigenvalue weighted by molar-refractivity contribution is 1.17. The van der Waals surface area contributed by atoms with Crippen LogP contribution in [0.4, 0.5) is 0 Å². The molecule has 0 unspecified atom stereocenters. The van der Waals surface area contributed by atoms with Gasteiger partial charge in [-0.1, -0.05) is 0 Å². The highest BCUT2D eigenvalue weighted by atomic mass is 79.9. The Balaban J connectivity index is 0.000000120. The second kappa shape index (κ2) is 5.79. The molecule has 2 aromatic heterocycles. The molecular weight excluding hydrogens is 238 g/mol. The molecule has 0 aromatic carbocycles. The van der Waals surface area contributed by atoms with E-state index < -0.39 is 0 Å². The van der Waals surface area contributed by atoms with Crippen molar-refractivity contribution in [1.82, 2.24) is 15.0 Å². The maximum atomic E-state index is 3.85. The molecule has 0 radical (unpaired) electrons. The Morgan fingerprint density at radius 2 is 1.92 bits per heavy atom. The fourth-order valence-electron chi connectivity index (χ4n) is 0.459. The summed E-state index contributed by atoms with van der Waals surface area (Å²) in [5.74, 6) is 0. The van der Waals surface area contributed by atoms with Crippen molar-refractivity contribution in [2.75, 3.05) is 0 Å². The Kier molecular flexibility index (Phi) is 4.48. The maximum Gasteiger partial charge on any atom is 0.159 e. The monoisotopic (exact) mass is 243 g/mol. The number of thiazole rings is 1. The van der Waals surface area contributed by atoms with Crippen LogP contribution in [0.3, 0.4) is 0 Å². The average molecular weight is 244 g/mol. The zero-order chi connectivity index (χ0) is 8.65. The number of nitrogens with zero attached hydrogens (tertiary/aromatic N) is 3. The Bertz CT molecular complexity index is 258. The van der Waals surface area contributed by atoms with Gasteiger partial charge in [0.25, 0.3) is 0 Å². The Morgan fingerprint density at radius 1 is 1.17 bits per heavy atom. The van der Waals surface area contributed by atoms with Gasteiger partial charge in [0.05, 0.1) is 0 Å². The molecular formula is C7H6BrN3S. The lowest BCUT2D eigenvalue weighted by Gasteiger charge is -1.70. The quantitative estimate of drug-likeness (QED) is 0.714. The molecule has 3 nitrogen and oxygen atoms in total. The van der Waals surface area contributed by atoms with Crippen molar-refractivity contribution in [2.45, 2.75) is 0 Å². The molecule has 5 heteroatoms. The fourth-order valence-corrected chi connectivity index (χ4v) is 1.26. The maximum absolute atomic E-state index is 3.85. The molecule has 0 bridgehead atoms. The van der Waals surface area contributed by atoms with E-state index in [0.717, 1.165) is 3.92 Å². The molecule has 2 rings (SSSR count). The summed E-state index contributed by atoms with van der Waals surface area (Å²) < 4.78 is 0.947. The molecule has 0 saturated heterocycles. The summed E-state index contributed by atoms with van der Waals surface area (Å²) in [7, 11) is 0. The normalized spacial score (nSPS) is 8.42. The molecule has 62 valence electrons. The number of rotatable bonds is 0. The van der Waals surface area contributed by atoms with Crippen LogP contribution in [-0.2, 0) is 0 Å². The molecule has 2 heterocycles. The second-order valence-corrected chi connectivity index (χ2v) is 3.86. The van der Waals surface area contributed by atoms with Gasteiger partial charge in [0, 0.05) is 24.0 Å².